The Morgan fingerprint density at radius 1 is 1.40 bits per heavy atom. The van der Waals surface area contributed by atoms with Gasteiger partial charge in [-0.25, -0.2) is 4.79 Å². The second kappa shape index (κ2) is 6.22. The molecule has 10 heavy (non-hydrogen) atoms. The van der Waals surface area contributed by atoms with Crippen molar-refractivity contribution in [3.05, 3.63) is 0 Å². The lowest BCUT2D eigenvalue weighted by molar-refractivity contribution is -0.143. The summed E-state index contributed by atoms with van der Waals surface area (Å²) < 4.78 is 0. The van der Waals surface area contributed by atoms with E-state index in [4.69, 9.17) is 14.7 Å². The Hall–Kier alpha value is -0.900. The minimum absolute atomic E-state index is 0.167. The largest absolute Gasteiger partial charge is 0.476 e. The molecular weight excluding hydrogens is 134 g/mol. The van der Waals surface area contributed by atoms with Crippen LogP contribution < -0.4 is 5.32 Å². The van der Waals surface area contributed by atoms with Crippen LogP contribution in [0.1, 0.15) is 12.8 Å². The first-order valence-corrected chi connectivity index (χ1v) is 3.16. The van der Waals surface area contributed by atoms with Crippen LogP contribution in [0.3, 0.4) is 0 Å². The number of aliphatic carboxylic acids is 1. The first-order chi connectivity index (χ1) is 4.77. The molecule has 1 heterocycles. The SMILES string of the molecule is C1CCNC1.O=CC(=O)O. The smallest absolute Gasteiger partial charge is 0.368 e. The van der Waals surface area contributed by atoms with E-state index in [0.717, 1.165) is 0 Å². The summed E-state index contributed by atoms with van der Waals surface area (Å²) in [6.45, 7) is 2.50. The van der Waals surface area contributed by atoms with Crippen molar-refractivity contribution in [1.82, 2.24) is 5.32 Å². The summed E-state index contributed by atoms with van der Waals surface area (Å²) in [6.07, 6.45) is 2.61. The summed E-state index contributed by atoms with van der Waals surface area (Å²) in [5.74, 6) is -1.43. The van der Waals surface area contributed by atoms with Gasteiger partial charge in [0.25, 0.3) is 0 Å². The zero-order valence-corrected chi connectivity index (χ0v) is 5.67. The molecule has 1 aliphatic heterocycles. The Morgan fingerprint density at radius 3 is 1.90 bits per heavy atom. The predicted molar refractivity (Wildman–Crippen MR) is 35.8 cm³/mol. The van der Waals surface area contributed by atoms with Crippen molar-refractivity contribution < 1.29 is 14.7 Å². The number of aldehydes is 1. The van der Waals surface area contributed by atoms with Gasteiger partial charge in [0, 0.05) is 0 Å². The second-order valence-corrected chi connectivity index (χ2v) is 1.91. The maximum absolute atomic E-state index is 9.00. The molecule has 0 aliphatic carbocycles. The summed E-state index contributed by atoms with van der Waals surface area (Å²) in [7, 11) is 0. The minimum Gasteiger partial charge on any atom is -0.476 e. The van der Waals surface area contributed by atoms with Crippen LogP contribution in [0.5, 0.6) is 0 Å². The standard InChI is InChI=1S/C4H9N.C2H2O3/c1-2-4-5-3-1;3-1-2(4)5/h5H,1-4H2;1H,(H,4,5). The number of carboxylic acid groups (broad SMARTS) is 1. The van der Waals surface area contributed by atoms with Crippen LogP contribution >= 0.6 is 0 Å². The molecular formula is C6H11NO3. The molecule has 0 bridgehead atoms. The van der Waals surface area contributed by atoms with Gasteiger partial charge in [-0.05, 0) is 25.9 Å². The molecule has 0 aromatic rings. The fraction of sp³-hybridized carbons (Fsp3) is 0.667. The fourth-order valence-corrected chi connectivity index (χ4v) is 0.625. The molecule has 0 atom stereocenters. The molecule has 1 saturated heterocycles. The van der Waals surface area contributed by atoms with E-state index < -0.39 is 5.97 Å². The quantitative estimate of drug-likeness (QED) is 0.390. The summed E-state index contributed by atoms with van der Waals surface area (Å²) in [4.78, 5) is 17.9. The molecule has 1 rings (SSSR count). The molecule has 0 unspecified atom stereocenters. The van der Waals surface area contributed by atoms with E-state index in [1.165, 1.54) is 25.9 Å². The summed E-state index contributed by atoms with van der Waals surface area (Å²) >= 11 is 0. The monoisotopic (exact) mass is 145 g/mol. The highest BCUT2D eigenvalue weighted by molar-refractivity contribution is 6.19. The van der Waals surface area contributed by atoms with Gasteiger partial charge in [-0.1, -0.05) is 0 Å². The van der Waals surface area contributed by atoms with Crippen molar-refractivity contribution in [1.29, 1.82) is 0 Å². The summed E-state index contributed by atoms with van der Waals surface area (Å²) in [5, 5.41) is 10.6. The van der Waals surface area contributed by atoms with E-state index >= 15 is 0 Å². The van der Waals surface area contributed by atoms with Crippen molar-refractivity contribution in [2.75, 3.05) is 13.1 Å². The topological polar surface area (TPSA) is 66.4 Å². The van der Waals surface area contributed by atoms with E-state index in [-0.39, 0.29) is 6.29 Å². The lowest BCUT2D eigenvalue weighted by Crippen LogP contribution is -2.03. The van der Waals surface area contributed by atoms with Gasteiger partial charge in [0.15, 0.2) is 0 Å². The van der Waals surface area contributed by atoms with Crippen molar-refractivity contribution in [2.24, 2.45) is 0 Å². The van der Waals surface area contributed by atoms with Gasteiger partial charge >= 0.3 is 5.97 Å². The van der Waals surface area contributed by atoms with E-state index in [0.29, 0.717) is 0 Å². The normalized spacial score (nSPS) is 15.2. The Labute approximate surface area is 59.2 Å². The van der Waals surface area contributed by atoms with Gasteiger partial charge in [-0.2, -0.15) is 0 Å². The van der Waals surface area contributed by atoms with Crippen molar-refractivity contribution in [3.63, 3.8) is 0 Å². The van der Waals surface area contributed by atoms with Gasteiger partial charge in [0.2, 0.25) is 6.29 Å². The third kappa shape index (κ3) is 7.10. The average Bonchev–Trinajstić information content (AvgIpc) is 2.43. The Bertz CT molecular complexity index is 102. The maximum atomic E-state index is 9.00. The van der Waals surface area contributed by atoms with E-state index in [9.17, 15) is 0 Å². The number of rotatable bonds is 1. The third-order valence-electron chi connectivity index (χ3n) is 1.06. The highest BCUT2D eigenvalue weighted by Gasteiger charge is 1.93. The van der Waals surface area contributed by atoms with Crippen molar-refractivity contribution >= 4 is 12.3 Å². The molecule has 0 aromatic carbocycles. The van der Waals surface area contributed by atoms with E-state index in [1.54, 1.807) is 0 Å². The highest BCUT2D eigenvalue weighted by Crippen LogP contribution is 1.90. The average molecular weight is 145 g/mol. The maximum Gasteiger partial charge on any atom is 0.368 e. The van der Waals surface area contributed by atoms with E-state index in [2.05, 4.69) is 5.32 Å². The molecule has 0 saturated carbocycles. The molecule has 0 spiro atoms. The minimum atomic E-state index is -1.43. The second-order valence-electron chi connectivity index (χ2n) is 1.91. The van der Waals surface area contributed by atoms with Crippen LogP contribution in [0.4, 0.5) is 0 Å². The van der Waals surface area contributed by atoms with Gasteiger partial charge < -0.3 is 10.4 Å². The lowest BCUT2D eigenvalue weighted by atomic mass is 10.4. The van der Waals surface area contributed by atoms with Crippen LogP contribution in [-0.4, -0.2) is 30.5 Å². The van der Waals surface area contributed by atoms with Crippen LogP contribution in [0.15, 0.2) is 0 Å². The molecule has 1 fully saturated rings. The van der Waals surface area contributed by atoms with Gasteiger partial charge in [-0.3, -0.25) is 4.79 Å². The van der Waals surface area contributed by atoms with Crippen LogP contribution in [0.25, 0.3) is 0 Å². The van der Waals surface area contributed by atoms with Gasteiger partial charge in [-0.15, -0.1) is 0 Å². The zero-order chi connectivity index (χ0) is 7.82. The van der Waals surface area contributed by atoms with Gasteiger partial charge in [0.1, 0.15) is 0 Å². The molecule has 4 nitrogen and oxygen atoms in total. The number of hydrogen-bond donors (Lipinski definition) is 2. The third-order valence-corrected chi connectivity index (χ3v) is 1.06. The zero-order valence-electron chi connectivity index (χ0n) is 5.67. The van der Waals surface area contributed by atoms with Gasteiger partial charge in [0.05, 0.1) is 0 Å². The lowest BCUT2D eigenvalue weighted by Gasteiger charge is -1.76. The summed E-state index contributed by atoms with van der Waals surface area (Å²) in [6, 6.07) is 0. The molecule has 0 amide bonds. The Kier molecular flexibility index (Phi) is 5.66. The molecule has 0 aromatic heterocycles. The first-order valence-electron chi connectivity index (χ1n) is 3.16. The molecule has 58 valence electrons. The molecule has 1 aliphatic rings. The molecule has 4 heteroatoms. The van der Waals surface area contributed by atoms with Crippen LogP contribution in [-0.2, 0) is 9.59 Å². The van der Waals surface area contributed by atoms with Crippen LogP contribution in [0, 0.1) is 0 Å². The first kappa shape index (κ1) is 9.10. The van der Waals surface area contributed by atoms with Crippen molar-refractivity contribution in [3.8, 4) is 0 Å². The predicted octanol–water partition coefficient (Wildman–Crippen LogP) is -0.360. The van der Waals surface area contributed by atoms with E-state index in [1.807, 2.05) is 0 Å². The number of hydrogen-bond acceptors (Lipinski definition) is 3. The number of carboxylic acids is 1. The highest BCUT2D eigenvalue weighted by atomic mass is 16.4. The number of carbonyl (C=O) groups is 2. The summed E-state index contributed by atoms with van der Waals surface area (Å²) in [5.41, 5.74) is 0. The number of carbonyl (C=O) groups excluding carboxylic acids is 1. The molecule has 0 radical (unpaired) electrons. The molecule has 2 N–H and O–H groups in total. The van der Waals surface area contributed by atoms with Crippen molar-refractivity contribution in [2.45, 2.75) is 12.8 Å². The fourth-order valence-electron chi connectivity index (χ4n) is 0.625. The Morgan fingerprint density at radius 2 is 1.80 bits per heavy atom. The number of nitrogens with one attached hydrogen (secondary N) is 1. The Balaban J connectivity index is 0.000000162. The van der Waals surface area contributed by atoms with Crippen LogP contribution in [0.2, 0.25) is 0 Å².